The molecule has 1 unspecified atom stereocenters. The molecule has 0 saturated carbocycles. The van der Waals surface area contributed by atoms with E-state index in [-0.39, 0.29) is 6.61 Å². The van der Waals surface area contributed by atoms with Crippen LogP contribution in [-0.4, -0.2) is 42.3 Å². The van der Waals surface area contributed by atoms with Crippen molar-refractivity contribution in [3.63, 3.8) is 0 Å². The first kappa shape index (κ1) is 15.3. The first-order chi connectivity index (χ1) is 9.19. The number of nitrogens with zero attached hydrogens (tertiary/aromatic N) is 1. The molecule has 0 radical (unpaired) electrons. The molecule has 19 heavy (non-hydrogen) atoms. The lowest BCUT2D eigenvalue weighted by molar-refractivity contribution is 0.179. The number of benzene rings is 1. The molecule has 3 nitrogen and oxygen atoms in total. The van der Waals surface area contributed by atoms with Crippen LogP contribution in [0.3, 0.4) is 0 Å². The van der Waals surface area contributed by atoms with E-state index in [1.54, 1.807) is 0 Å². The monoisotopic (exact) mass is 346 g/mol. The minimum Gasteiger partial charge on any atom is -0.395 e. The lowest BCUT2D eigenvalue weighted by Crippen LogP contribution is -2.38. The second-order valence-electron chi connectivity index (χ2n) is 4.99. The number of rotatable bonds is 6. The van der Waals surface area contributed by atoms with Crippen molar-refractivity contribution in [3.8, 4) is 0 Å². The lowest BCUT2D eigenvalue weighted by atomic mass is 10.1. The van der Waals surface area contributed by atoms with Crippen molar-refractivity contribution in [1.82, 2.24) is 10.2 Å². The Bertz CT molecular complexity index is 410. The van der Waals surface area contributed by atoms with Gasteiger partial charge in [-0.3, -0.25) is 4.90 Å². The zero-order chi connectivity index (χ0) is 13.7. The second-order valence-corrected chi connectivity index (χ2v) is 6.31. The molecule has 0 bridgehead atoms. The van der Waals surface area contributed by atoms with Gasteiger partial charge in [-0.2, -0.15) is 0 Å². The SMILES string of the molecule is OCCN(Cc1ccc(Br)cc1Cl)CC1CCCN1. The molecule has 2 N–H and O–H groups in total. The van der Waals surface area contributed by atoms with Gasteiger partial charge in [-0.25, -0.2) is 0 Å². The summed E-state index contributed by atoms with van der Waals surface area (Å²) >= 11 is 9.67. The average Bonchev–Trinajstić information content (AvgIpc) is 2.86. The van der Waals surface area contributed by atoms with E-state index in [1.807, 2.05) is 18.2 Å². The highest BCUT2D eigenvalue weighted by Crippen LogP contribution is 2.23. The van der Waals surface area contributed by atoms with Crippen molar-refractivity contribution in [3.05, 3.63) is 33.3 Å². The fourth-order valence-electron chi connectivity index (χ4n) is 2.49. The molecule has 5 heteroatoms. The van der Waals surface area contributed by atoms with Gasteiger partial charge in [0.05, 0.1) is 6.61 Å². The molecule has 1 aromatic rings. The van der Waals surface area contributed by atoms with Crippen molar-refractivity contribution in [1.29, 1.82) is 0 Å². The fraction of sp³-hybridized carbons (Fsp3) is 0.571. The summed E-state index contributed by atoms with van der Waals surface area (Å²) in [4.78, 5) is 2.26. The Morgan fingerprint density at radius 3 is 2.95 bits per heavy atom. The summed E-state index contributed by atoms with van der Waals surface area (Å²) in [5.41, 5.74) is 1.11. The molecule has 1 saturated heterocycles. The van der Waals surface area contributed by atoms with Gasteiger partial charge in [0.25, 0.3) is 0 Å². The molecule has 106 valence electrons. The van der Waals surface area contributed by atoms with Crippen LogP contribution < -0.4 is 5.32 Å². The van der Waals surface area contributed by atoms with E-state index in [0.717, 1.165) is 34.7 Å². The third-order valence-corrected chi connectivity index (χ3v) is 4.31. The van der Waals surface area contributed by atoms with E-state index >= 15 is 0 Å². The average molecular weight is 348 g/mol. The van der Waals surface area contributed by atoms with E-state index in [4.69, 9.17) is 11.6 Å². The van der Waals surface area contributed by atoms with E-state index in [2.05, 4.69) is 26.1 Å². The number of hydrogen-bond donors (Lipinski definition) is 2. The summed E-state index contributed by atoms with van der Waals surface area (Å²) in [6.45, 7) is 3.72. The molecular weight excluding hydrogens is 328 g/mol. The summed E-state index contributed by atoms with van der Waals surface area (Å²) in [7, 11) is 0. The number of halogens is 2. The Kier molecular flexibility index (Phi) is 6.10. The van der Waals surface area contributed by atoms with Crippen molar-refractivity contribution >= 4 is 27.5 Å². The fourth-order valence-corrected chi connectivity index (χ4v) is 3.22. The summed E-state index contributed by atoms with van der Waals surface area (Å²) in [6.07, 6.45) is 2.46. The van der Waals surface area contributed by atoms with Crippen molar-refractivity contribution in [2.24, 2.45) is 0 Å². The number of aliphatic hydroxyl groups excluding tert-OH is 1. The molecule has 1 aliphatic rings. The minimum absolute atomic E-state index is 0.181. The van der Waals surface area contributed by atoms with Crippen LogP contribution in [0.5, 0.6) is 0 Å². The largest absolute Gasteiger partial charge is 0.395 e. The maximum absolute atomic E-state index is 9.20. The van der Waals surface area contributed by atoms with Crippen LogP contribution in [-0.2, 0) is 6.54 Å². The first-order valence-corrected chi connectivity index (χ1v) is 7.86. The summed E-state index contributed by atoms with van der Waals surface area (Å²) in [5, 5.41) is 13.5. The quantitative estimate of drug-likeness (QED) is 0.830. The smallest absolute Gasteiger partial charge is 0.0558 e. The molecule has 0 aromatic heterocycles. The third kappa shape index (κ3) is 4.72. The van der Waals surface area contributed by atoms with Crippen LogP contribution in [0.15, 0.2) is 22.7 Å². The van der Waals surface area contributed by atoms with Gasteiger partial charge >= 0.3 is 0 Å². The van der Waals surface area contributed by atoms with Gasteiger partial charge < -0.3 is 10.4 Å². The van der Waals surface area contributed by atoms with Crippen molar-refractivity contribution in [2.45, 2.75) is 25.4 Å². The van der Waals surface area contributed by atoms with Crippen LogP contribution >= 0.6 is 27.5 Å². The van der Waals surface area contributed by atoms with Crippen LogP contribution in [0, 0.1) is 0 Å². The zero-order valence-corrected chi connectivity index (χ0v) is 13.3. The Balaban J connectivity index is 1.98. The first-order valence-electron chi connectivity index (χ1n) is 6.69. The maximum atomic E-state index is 9.20. The predicted octanol–water partition coefficient (Wildman–Crippen LogP) is 2.65. The second kappa shape index (κ2) is 7.60. The molecule has 0 aliphatic carbocycles. The molecule has 1 aliphatic heterocycles. The summed E-state index contributed by atoms with van der Waals surface area (Å²) < 4.78 is 0.993. The Labute approximate surface area is 128 Å². The van der Waals surface area contributed by atoms with Gasteiger partial charge in [-0.15, -0.1) is 0 Å². The van der Waals surface area contributed by atoms with E-state index < -0.39 is 0 Å². The van der Waals surface area contributed by atoms with Crippen LogP contribution in [0.25, 0.3) is 0 Å². The number of hydrogen-bond acceptors (Lipinski definition) is 3. The Morgan fingerprint density at radius 1 is 1.47 bits per heavy atom. The highest BCUT2D eigenvalue weighted by molar-refractivity contribution is 9.10. The van der Waals surface area contributed by atoms with Gasteiger partial charge in [0.2, 0.25) is 0 Å². The maximum Gasteiger partial charge on any atom is 0.0558 e. The van der Waals surface area contributed by atoms with E-state index in [1.165, 1.54) is 12.8 Å². The molecule has 2 rings (SSSR count). The summed E-state index contributed by atoms with van der Waals surface area (Å²) in [6, 6.07) is 6.51. The molecule has 0 spiro atoms. The summed E-state index contributed by atoms with van der Waals surface area (Å²) in [5.74, 6) is 0. The molecule has 1 fully saturated rings. The van der Waals surface area contributed by atoms with E-state index in [0.29, 0.717) is 12.6 Å². The molecular formula is C14H20BrClN2O. The molecule has 0 amide bonds. The van der Waals surface area contributed by atoms with Gasteiger partial charge in [0, 0.05) is 35.2 Å². The zero-order valence-electron chi connectivity index (χ0n) is 10.9. The lowest BCUT2D eigenvalue weighted by Gasteiger charge is -2.25. The van der Waals surface area contributed by atoms with Gasteiger partial charge in [0.1, 0.15) is 0 Å². The minimum atomic E-state index is 0.181. The normalized spacial score (nSPS) is 19.3. The van der Waals surface area contributed by atoms with Gasteiger partial charge in [-0.05, 0) is 37.1 Å². The molecule has 1 atom stereocenters. The van der Waals surface area contributed by atoms with Crippen molar-refractivity contribution < 1.29 is 5.11 Å². The predicted molar refractivity (Wildman–Crippen MR) is 82.5 cm³/mol. The number of nitrogens with one attached hydrogen (secondary N) is 1. The van der Waals surface area contributed by atoms with Gasteiger partial charge in [-0.1, -0.05) is 33.6 Å². The van der Waals surface area contributed by atoms with Crippen LogP contribution in [0.1, 0.15) is 18.4 Å². The number of aliphatic hydroxyl groups is 1. The molecule has 1 aromatic carbocycles. The standard InChI is InChI=1S/C14H20BrClN2O/c15-12-4-3-11(14(16)8-12)9-18(6-7-19)10-13-2-1-5-17-13/h3-4,8,13,17,19H,1-2,5-7,9-10H2. The molecule has 1 heterocycles. The Morgan fingerprint density at radius 2 is 2.32 bits per heavy atom. The highest BCUT2D eigenvalue weighted by Gasteiger charge is 2.18. The Hall–Kier alpha value is -0.130. The van der Waals surface area contributed by atoms with Crippen LogP contribution in [0.2, 0.25) is 5.02 Å². The van der Waals surface area contributed by atoms with E-state index in [9.17, 15) is 5.11 Å². The highest BCUT2D eigenvalue weighted by atomic mass is 79.9. The van der Waals surface area contributed by atoms with Gasteiger partial charge in [0.15, 0.2) is 0 Å². The topological polar surface area (TPSA) is 35.5 Å². The third-order valence-electron chi connectivity index (χ3n) is 3.47. The van der Waals surface area contributed by atoms with Crippen LogP contribution in [0.4, 0.5) is 0 Å². The van der Waals surface area contributed by atoms with Crippen molar-refractivity contribution in [2.75, 3.05) is 26.2 Å².